The van der Waals surface area contributed by atoms with E-state index < -0.39 is 0 Å². The van der Waals surface area contributed by atoms with Crippen LogP contribution in [0, 0.1) is 5.92 Å². The van der Waals surface area contributed by atoms with Gasteiger partial charge in [0.05, 0.1) is 25.3 Å². The van der Waals surface area contributed by atoms with Gasteiger partial charge in [-0.15, -0.1) is 0 Å². The Morgan fingerprint density at radius 1 is 1.14 bits per heavy atom. The molecule has 22 heavy (non-hydrogen) atoms. The van der Waals surface area contributed by atoms with Crippen molar-refractivity contribution in [1.82, 2.24) is 4.90 Å². The number of nitrogens with zero attached hydrogens (tertiary/aromatic N) is 1. The number of rotatable bonds is 7. The van der Waals surface area contributed by atoms with Crippen LogP contribution in [0.4, 0.5) is 0 Å². The number of benzene rings is 1. The van der Waals surface area contributed by atoms with Crippen molar-refractivity contribution in [2.24, 2.45) is 5.92 Å². The summed E-state index contributed by atoms with van der Waals surface area (Å²) in [5, 5.41) is 0. The fraction of sp³-hybridized carbons (Fsp3) is 0.611. The van der Waals surface area contributed by atoms with Crippen LogP contribution in [0.25, 0.3) is 0 Å². The van der Waals surface area contributed by atoms with Crippen LogP contribution < -0.4 is 0 Å². The van der Waals surface area contributed by atoms with Crippen LogP contribution in [-0.2, 0) is 20.7 Å². The standard InChI is InChI=1S/C18H27NO3/c1-14(11-15-7-5-4-6-8-15)18(20)19-16(12-21-2)9-10-17(19)13-22-3/h4-8,14,16-17H,9-13H2,1-3H3/t14-,16+,17+/m0/s1. The highest BCUT2D eigenvalue weighted by molar-refractivity contribution is 5.79. The molecule has 0 spiro atoms. The summed E-state index contributed by atoms with van der Waals surface area (Å²) in [5.41, 5.74) is 1.20. The normalized spacial score (nSPS) is 22.8. The summed E-state index contributed by atoms with van der Waals surface area (Å²) in [6.45, 7) is 3.22. The second-order valence-electron chi connectivity index (χ2n) is 6.13. The molecule has 2 rings (SSSR count). The number of likely N-dealkylation sites (tertiary alicyclic amines) is 1. The molecule has 0 aliphatic carbocycles. The van der Waals surface area contributed by atoms with Crippen molar-refractivity contribution >= 4 is 5.91 Å². The summed E-state index contributed by atoms with van der Waals surface area (Å²) in [7, 11) is 3.39. The molecule has 1 aliphatic rings. The number of carbonyl (C=O) groups is 1. The molecule has 0 N–H and O–H groups in total. The van der Waals surface area contributed by atoms with Crippen LogP contribution in [0.5, 0.6) is 0 Å². The molecule has 122 valence electrons. The molecule has 4 nitrogen and oxygen atoms in total. The van der Waals surface area contributed by atoms with Gasteiger partial charge in [-0.2, -0.15) is 0 Å². The van der Waals surface area contributed by atoms with E-state index in [2.05, 4.69) is 12.1 Å². The Balaban J connectivity index is 2.05. The van der Waals surface area contributed by atoms with Crippen LogP contribution in [0.3, 0.4) is 0 Å². The molecule has 0 aromatic heterocycles. The maximum absolute atomic E-state index is 12.9. The highest BCUT2D eigenvalue weighted by Crippen LogP contribution is 2.27. The molecule has 1 aromatic carbocycles. The molecule has 1 aliphatic heterocycles. The van der Waals surface area contributed by atoms with Gasteiger partial charge in [-0.3, -0.25) is 4.79 Å². The van der Waals surface area contributed by atoms with E-state index in [1.165, 1.54) is 5.56 Å². The Morgan fingerprint density at radius 2 is 1.68 bits per heavy atom. The lowest BCUT2D eigenvalue weighted by Gasteiger charge is -2.32. The summed E-state index contributed by atoms with van der Waals surface area (Å²) < 4.78 is 10.6. The number of hydrogen-bond acceptors (Lipinski definition) is 3. The summed E-state index contributed by atoms with van der Waals surface area (Å²) in [5.74, 6) is 0.185. The van der Waals surface area contributed by atoms with Crippen molar-refractivity contribution in [3.8, 4) is 0 Å². The Kier molecular flexibility index (Phi) is 6.40. The van der Waals surface area contributed by atoms with E-state index >= 15 is 0 Å². The Hall–Kier alpha value is -1.39. The van der Waals surface area contributed by atoms with E-state index in [9.17, 15) is 4.79 Å². The smallest absolute Gasteiger partial charge is 0.226 e. The highest BCUT2D eigenvalue weighted by Gasteiger charge is 2.38. The van der Waals surface area contributed by atoms with Gasteiger partial charge in [-0.25, -0.2) is 0 Å². The summed E-state index contributed by atoms with van der Waals surface area (Å²) in [6.07, 6.45) is 2.76. The maximum atomic E-state index is 12.9. The minimum atomic E-state index is -0.0285. The van der Waals surface area contributed by atoms with Crippen LogP contribution in [0.1, 0.15) is 25.3 Å². The molecule has 3 atom stereocenters. The molecule has 0 bridgehead atoms. The summed E-state index contributed by atoms with van der Waals surface area (Å²) in [4.78, 5) is 14.9. The maximum Gasteiger partial charge on any atom is 0.226 e. The molecule has 1 amide bonds. The largest absolute Gasteiger partial charge is 0.383 e. The van der Waals surface area contributed by atoms with Crippen LogP contribution in [0.2, 0.25) is 0 Å². The zero-order valence-electron chi connectivity index (χ0n) is 13.8. The van der Waals surface area contributed by atoms with Gasteiger partial charge in [0.25, 0.3) is 0 Å². The van der Waals surface area contributed by atoms with Crippen LogP contribution in [-0.4, -0.2) is 50.3 Å². The van der Waals surface area contributed by atoms with Crippen LogP contribution >= 0.6 is 0 Å². The van der Waals surface area contributed by atoms with E-state index in [0.29, 0.717) is 13.2 Å². The van der Waals surface area contributed by atoms with E-state index in [1.807, 2.05) is 30.0 Å². The van der Waals surface area contributed by atoms with Gasteiger partial charge in [0, 0.05) is 20.1 Å². The number of carbonyl (C=O) groups excluding carboxylic acids is 1. The second-order valence-corrected chi connectivity index (χ2v) is 6.13. The number of methoxy groups -OCH3 is 2. The van der Waals surface area contributed by atoms with Crippen molar-refractivity contribution in [2.75, 3.05) is 27.4 Å². The molecule has 0 saturated carbocycles. The van der Waals surface area contributed by atoms with Gasteiger partial charge in [0.2, 0.25) is 5.91 Å². The lowest BCUT2D eigenvalue weighted by atomic mass is 9.99. The minimum Gasteiger partial charge on any atom is -0.383 e. The van der Waals surface area contributed by atoms with Crippen molar-refractivity contribution < 1.29 is 14.3 Å². The average Bonchev–Trinajstić information content (AvgIpc) is 2.91. The molecular weight excluding hydrogens is 278 g/mol. The van der Waals surface area contributed by atoms with E-state index in [0.717, 1.165) is 19.3 Å². The van der Waals surface area contributed by atoms with Gasteiger partial charge < -0.3 is 14.4 Å². The van der Waals surface area contributed by atoms with Gasteiger partial charge in [0.1, 0.15) is 0 Å². The first kappa shape index (κ1) is 17.0. The molecular formula is C18H27NO3. The van der Waals surface area contributed by atoms with E-state index in [1.54, 1.807) is 14.2 Å². The lowest BCUT2D eigenvalue weighted by molar-refractivity contribution is -0.140. The molecule has 0 radical (unpaired) electrons. The molecule has 0 unspecified atom stereocenters. The predicted octanol–water partition coefficient (Wildman–Crippen LogP) is 2.52. The monoisotopic (exact) mass is 305 g/mol. The number of ether oxygens (including phenoxy) is 2. The van der Waals surface area contributed by atoms with Crippen LogP contribution in [0.15, 0.2) is 30.3 Å². The summed E-state index contributed by atoms with van der Waals surface area (Å²) >= 11 is 0. The van der Waals surface area contributed by atoms with E-state index in [-0.39, 0.29) is 23.9 Å². The zero-order chi connectivity index (χ0) is 15.9. The predicted molar refractivity (Wildman–Crippen MR) is 86.7 cm³/mol. The molecule has 1 saturated heterocycles. The molecule has 1 heterocycles. The molecule has 4 heteroatoms. The number of hydrogen-bond donors (Lipinski definition) is 0. The number of amides is 1. The first-order chi connectivity index (χ1) is 10.7. The average molecular weight is 305 g/mol. The third-order valence-corrected chi connectivity index (χ3v) is 4.40. The zero-order valence-corrected chi connectivity index (χ0v) is 13.8. The van der Waals surface area contributed by atoms with Gasteiger partial charge in [-0.1, -0.05) is 37.3 Å². The van der Waals surface area contributed by atoms with Crippen molar-refractivity contribution in [1.29, 1.82) is 0 Å². The van der Waals surface area contributed by atoms with Crippen molar-refractivity contribution in [3.63, 3.8) is 0 Å². The quantitative estimate of drug-likeness (QED) is 0.777. The first-order valence-corrected chi connectivity index (χ1v) is 8.01. The highest BCUT2D eigenvalue weighted by atomic mass is 16.5. The Labute approximate surface area is 133 Å². The van der Waals surface area contributed by atoms with Crippen molar-refractivity contribution in [2.45, 2.75) is 38.3 Å². The van der Waals surface area contributed by atoms with E-state index in [4.69, 9.17) is 9.47 Å². The van der Waals surface area contributed by atoms with Crippen molar-refractivity contribution in [3.05, 3.63) is 35.9 Å². The first-order valence-electron chi connectivity index (χ1n) is 8.01. The minimum absolute atomic E-state index is 0.0285. The fourth-order valence-electron chi connectivity index (χ4n) is 3.34. The van der Waals surface area contributed by atoms with Gasteiger partial charge in [0.15, 0.2) is 0 Å². The molecule has 1 fully saturated rings. The third kappa shape index (κ3) is 4.08. The SMILES string of the molecule is COC[C@H]1CC[C@H](COC)N1C(=O)[C@@H](C)Cc1ccccc1. The Morgan fingerprint density at radius 3 is 2.18 bits per heavy atom. The Bertz CT molecular complexity index is 449. The topological polar surface area (TPSA) is 38.8 Å². The third-order valence-electron chi connectivity index (χ3n) is 4.40. The second kappa shape index (κ2) is 8.30. The lowest BCUT2D eigenvalue weighted by Crippen LogP contribution is -2.47. The molecule has 1 aromatic rings. The summed E-state index contributed by atoms with van der Waals surface area (Å²) in [6, 6.07) is 10.5. The van der Waals surface area contributed by atoms with Gasteiger partial charge in [-0.05, 0) is 24.8 Å². The van der Waals surface area contributed by atoms with Gasteiger partial charge >= 0.3 is 0 Å². The fourth-order valence-corrected chi connectivity index (χ4v) is 3.34.